The molecule has 5 heteroatoms. The minimum Gasteiger partial charge on any atom is -0.348 e. The highest BCUT2D eigenvalue weighted by Crippen LogP contribution is 2.30. The molecule has 2 aromatic rings. The molecule has 0 amide bonds. The van der Waals surface area contributed by atoms with E-state index in [0.717, 1.165) is 41.3 Å². The number of thiazole rings is 1. The lowest BCUT2D eigenvalue weighted by Crippen LogP contribution is -2.39. The fourth-order valence-corrected chi connectivity index (χ4v) is 3.15. The number of hydrogen-bond donors (Lipinski definition) is 1. The van der Waals surface area contributed by atoms with Gasteiger partial charge in [0.25, 0.3) is 0 Å². The van der Waals surface area contributed by atoms with Crippen molar-refractivity contribution in [1.82, 2.24) is 4.98 Å². The van der Waals surface area contributed by atoms with Crippen LogP contribution in [0.5, 0.6) is 0 Å². The molecule has 1 fully saturated rings. The second-order valence-electron chi connectivity index (χ2n) is 4.43. The van der Waals surface area contributed by atoms with Crippen LogP contribution in [0.3, 0.4) is 0 Å². The standard InChI is InChI=1S/C12H14FN3S/c13-8-1-2-10-11(7-8)17-12(15-10)16-5-3-9(14)4-6-16/h1-2,7,9H,3-6,14H2. The zero-order valence-electron chi connectivity index (χ0n) is 9.40. The van der Waals surface area contributed by atoms with Crippen molar-refractivity contribution in [3.63, 3.8) is 0 Å². The Morgan fingerprint density at radius 3 is 2.88 bits per heavy atom. The largest absolute Gasteiger partial charge is 0.348 e. The Morgan fingerprint density at radius 1 is 1.35 bits per heavy atom. The summed E-state index contributed by atoms with van der Waals surface area (Å²) in [5, 5.41) is 0.984. The van der Waals surface area contributed by atoms with Crippen molar-refractivity contribution in [2.75, 3.05) is 18.0 Å². The predicted octanol–water partition coefficient (Wildman–Crippen LogP) is 2.36. The van der Waals surface area contributed by atoms with Gasteiger partial charge in [0.1, 0.15) is 5.82 Å². The van der Waals surface area contributed by atoms with E-state index in [1.807, 2.05) is 0 Å². The Hall–Kier alpha value is -1.20. The molecule has 0 spiro atoms. The number of fused-ring (bicyclic) bond motifs is 1. The van der Waals surface area contributed by atoms with Gasteiger partial charge in [-0.3, -0.25) is 0 Å². The maximum absolute atomic E-state index is 13.1. The summed E-state index contributed by atoms with van der Waals surface area (Å²) in [7, 11) is 0. The Balaban J connectivity index is 1.90. The summed E-state index contributed by atoms with van der Waals surface area (Å²) in [6.45, 7) is 1.90. The van der Waals surface area contributed by atoms with E-state index in [9.17, 15) is 4.39 Å². The van der Waals surface area contributed by atoms with Gasteiger partial charge in [-0.15, -0.1) is 0 Å². The van der Waals surface area contributed by atoms with Gasteiger partial charge in [0.2, 0.25) is 0 Å². The van der Waals surface area contributed by atoms with Crippen molar-refractivity contribution < 1.29 is 4.39 Å². The van der Waals surface area contributed by atoms with Crippen LogP contribution >= 0.6 is 11.3 Å². The van der Waals surface area contributed by atoms with Gasteiger partial charge >= 0.3 is 0 Å². The van der Waals surface area contributed by atoms with E-state index in [1.54, 1.807) is 23.5 Å². The van der Waals surface area contributed by atoms with Crippen molar-refractivity contribution in [3.8, 4) is 0 Å². The van der Waals surface area contributed by atoms with E-state index < -0.39 is 0 Å². The Labute approximate surface area is 103 Å². The molecule has 0 atom stereocenters. The van der Waals surface area contributed by atoms with Crippen LogP contribution in [0.15, 0.2) is 18.2 Å². The SMILES string of the molecule is NC1CCN(c2nc3ccc(F)cc3s2)CC1. The first-order chi connectivity index (χ1) is 8.22. The maximum atomic E-state index is 13.1. The first kappa shape index (κ1) is 10.9. The Kier molecular flexibility index (Phi) is 2.72. The molecule has 1 saturated heterocycles. The number of hydrogen-bond acceptors (Lipinski definition) is 4. The van der Waals surface area contributed by atoms with E-state index in [-0.39, 0.29) is 5.82 Å². The lowest BCUT2D eigenvalue weighted by Gasteiger charge is -2.29. The zero-order valence-corrected chi connectivity index (χ0v) is 10.2. The number of rotatable bonds is 1. The van der Waals surface area contributed by atoms with Gasteiger partial charge in [0.05, 0.1) is 10.2 Å². The van der Waals surface area contributed by atoms with Crippen LogP contribution in [0.4, 0.5) is 9.52 Å². The van der Waals surface area contributed by atoms with Gasteiger partial charge in [0.15, 0.2) is 5.13 Å². The highest BCUT2D eigenvalue weighted by Gasteiger charge is 2.19. The summed E-state index contributed by atoms with van der Waals surface area (Å²) < 4.78 is 14.0. The molecule has 0 unspecified atom stereocenters. The molecule has 17 heavy (non-hydrogen) atoms. The molecular formula is C12H14FN3S. The van der Waals surface area contributed by atoms with Gasteiger partial charge in [-0.05, 0) is 31.0 Å². The molecule has 1 aromatic heterocycles. The van der Waals surface area contributed by atoms with Crippen molar-refractivity contribution in [2.45, 2.75) is 18.9 Å². The Bertz CT molecular complexity index is 532. The number of nitrogens with two attached hydrogens (primary N) is 1. The lowest BCUT2D eigenvalue weighted by atomic mass is 10.1. The summed E-state index contributed by atoms with van der Waals surface area (Å²) in [6, 6.07) is 5.06. The molecule has 1 aromatic carbocycles. The average molecular weight is 251 g/mol. The normalized spacial score (nSPS) is 17.9. The third kappa shape index (κ3) is 2.12. The molecule has 0 radical (unpaired) electrons. The topological polar surface area (TPSA) is 42.1 Å². The van der Waals surface area contributed by atoms with Gasteiger partial charge in [0, 0.05) is 19.1 Å². The van der Waals surface area contributed by atoms with Crippen LogP contribution in [-0.2, 0) is 0 Å². The number of aromatic nitrogens is 1. The molecule has 1 aliphatic rings. The summed E-state index contributed by atoms with van der Waals surface area (Å²) >= 11 is 1.55. The molecular weight excluding hydrogens is 237 g/mol. The lowest BCUT2D eigenvalue weighted by molar-refractivity contribution is 0.501. The van der Waals surface area contributed by atoms with Crippen LogP contribution in [0, 0.1) is 5.82 Å². The van der Waals surface area contributed by atoms with Gasteiger partial charge in [-0.1, -0.05) is 11.3 Å². The third-order valence-electron chi connectivity index (χ3n) is 3.15. The van der Waals surface area contributed by atoms with E-state index in [4.69, 9.17) is 5.73 Å². The molecule has 3 nitrogen and oxygen atoms in total. The smallest absolute Gasteiger partial charge is 0.186 e. The molecule has 0 saturated carbocycles. The van der Waals surface area contributed by atoms with Crippen molar-refractivity contribution in [2.24, 2.45) is 5.73 Å². The Morgan fingerprint density at radius 2 is 2.12 bits per heavy atom. The molecule has 3 rings (SSSR count). The van der Waals surface area contributed by atoms with Crippen LogP contribution in [0.2, 0.25) is 0 Å². The molecule has 2 N–H and O–H groups in total. The van der Waals surface area contributed by atoms with Crippen molar-refractivity contribution in [1.29, 1.82) is 0 Å². The van der Waals surface area contributed by atoms with E-state index in [1.165, 1.54) is 6.07 Å². The number of halogens is 1. The summed E-state index contributed by atoms with van der Waals surface area (Å²) in [4.78, 5) is 6.78. The maximum Gasteiger partial charge on any atom is 0.186 e. The average Bonchev–Trinajstić information content (AvgIpc) is 2.72. The molecule has 90 valence electrons. The van der Waals surface area contributed by atoms with Crippen molar-refractivity contribution in [3.05, 3.63) is 24.0 Å². The zero-order chi connectivity index (χ0) is 11.8. The minimum atomic E-state index is -0.201. The minimum absolute atomic E-state index is 0.201. The van der Waals surface area contributed by atoms with Crippen molar-refractivity contribution >= 4 is 26.7 Å². The first-order valence-corrected chi connectivity index (χ1v) is 6.60. The third-order valence-corrected chi connectivity index (χ3v) is 4.23. The van der Waals surface area contributed by atoms with Gasteiger partial charge in [-0.2, -0.15) is 0 Å². The second-order valence-corrected chi connectivity index (χ2v) is 5.44. The van der Waals surface area contributed by atoms with Crippen LogP contribution in [0.1, 0.15) is 12.8 Å². The number of piperidine rings is 1. The number of anilines is 1. The molecule has 0 bridgehead atoms. The number of nitrogens with zero attached hydrogens (tertiary/aromatic N) is 2. The quantitative estimate of drug-likeness (QED) is 0.846. The van der Waals surface area contributed by atoms with Gasteiger partial charge < -0.3 is 10.6 Å². The fraction of sp³-hybridized carbons (Fsp3) is 0.417. The van der Waals surface area contributed by atoms with Crippen LogP contribution in [0.25, 0.3) is 10.2 Å². The highest BCUT2D eigenvalue weighted by molar-refractivity contribution is 7.22. The van der Waals surface area contributed by atoms with E-state index in [2.05, 4.69) is 9.88 Å². The second kappa shape index (κ2) is 4.23. The predicted molar refractivity (Wildman–Crippen MR) is 69.0 cm³/mol. The van der Waals surface area contributed by atoms with Gasteiger partial charge in [-0.25, -0.2) is 9.37 Å². The van der Waals surface area contributed by atoms with Crippen LogP contribution in [-0.4, -0.2) is 24.1 Å². The van der Waals surface area contributed by atoms with E-state index in [0.29, 0.717) is 6.04 Å². The summed E-state index contributed by atoms with van der Waals surface area (Å²) in [5.41, 5.74) is 6.75. The summed E-state index contributed by atoms with van der Waals surface area (Å²) in [5.74, 6) is -0.201. The summed E-state index contributed by atoms with van der Waals surface area (Å²) in [6.07, 6.45) is 2.01. The molecule has 0 aliphatic carbocycles. The molecule has 2 heterocycles. The monoisotopic (exact) mass is 251 g/mol. The highest BCUT2D eigenvalue weighted by atomic mass is 32.1. The molecule has 1 aliphatic heterocycles. The van der Waals surface area contributed by atoms with Crippen LogP contribution < -0.4 is 10.6 Å². The van der Waals surface area contributed by atoms with E-state index >= 15 is 0 Å². The fourth-order valence-electron chi connectivity index (χ4n) is 2.11. The number of benzene rings is 1. The first-order valence-electron chi connectivity index (χ1n) is 5.79.